The summed E-state index contributed by atoms with van der Waals surface area (Å²) in [6.45, 7) is 4.98. The molecular weight excluding hydrogens is 147 g/mol. The van der Waals surface area contributed by atoms with Gasteiger partial charge in [-0.1, -0.05) is 20.8 Å². The molecule has 0 amide bonds. The predicted octanol–water partition coefficient (Wildman–Crippen LogP) is 2.09. The van der Waals surface area contributed by atoms with Crippen LogP contribution in [0.1, 0.15) is 27.2 Å². The van der Waals surface area contributed by atoms with Crippen molar-refractivity contribution in [2.24, 2.45) is 11.3 Å². The van der Waals surface area contributed by atoms with Crippen LogP contribution in [-0.2, 0) is 4.79 Å². The fourth-order valence-corrected chi connectivity index (χ4v) is 0.803. The second-order valence-corrected chi connectivity index (χ2v) is 3.82. The minimum absolute atomic E-state index is 0.0833. The SMILES string of the molecule is CC(C)(C)C(CF)CC(=O)O. The van der Waals surface area contributed by atoms with E-state index in [9.17, 15) is 9.18 Å². The molecule has 1 atom stereocenters. The molecule has 0 bridgehead atoms. The largest absolute Gasteiger partial charge is 0.481 e. The van der Waals surface area contributed by atoms with Gasteiger partial charge in [-0.3, -0.25) is 9.18 Å². The average Bonchev–Trinajstić information content (AvgIpc) is 1.79. The van der Waals surface area contributed by atoms with Crippen molar-refractivity contribution in [1.82, 2.24) is 0 Å². The monoisotopic (exact) mass is 162 g/mol. The van der Waals surface area contributed by atoms with Gasteiger partial charge in [0.1, 0.15) is 0 Å². The quantitative estimate of drug-likeness (QED) is 0.690. The van der Waals surface area contributed by atoms with Crippen molar-refractivity contribution in [2.75, 3.05) is 6.67 Å². The van der Waals surface area contributed by atoms with E-state index >= 15 is 0 Å². The summed E-state index contributed by atoms with van der Waals surface area (Å²) in [5.74, 6) is -1.30. The summed E-state index contributed by atoms with van der Waals surface area (Å²) in [4.78, 5) is 10.2. The first-order valence-electron chi connectivity index (χ1n) is 3.65. The van der Waals surface area contributed by atoms with Gasteiger partial charge in [0.25, 0.3) is 0 Å². The van der Waals surface area contributed by atoms with Crippen molar-refractivity contribution in [1.29, 1.82) is 0 Å². The molecule has 0 aliphatic rings. The summed E-state index contributed by atoms with van der Waals surface area (Å²) >= 11 is 0. The lowest BCUT2D eigenvalue weighted by Crippen LogP contribution is -2.24. The van der Waals surface area contributed by atoms with Crippen molar-refractivity contribution in [2.45, 2.75) is 27.2 Å². The second kappa shape index (κ2) is 3.69. The van der Waals surface area contributed by atoms with Crippen LogP contribution in [0.3, 0.4) is 0 Å². The van der Waals surface area contributed by atoms with E-state index in [2.05, 4.69) is 0 Å². The first-order valence-corrected chi connectivity index (χ1v) is 3.65. The van der Waals surface area contributed by atoms with Gasteiger partial charge < -0.3 is 5.11 Å². The third-order valence-electron chi connectivity index (χ3n) is 1.83. The van der Waals surface area contributed by atoms with E-state index < -0.39 is 12.6 Å². The van der Waals surface area contributed by atoms with Crippen LogP contribution in [-0.4, -0.2) is 17.8 Å². The number of carbonyl (C=O) groups is 1. The van der Waals surface area contributed by atoms with E-state index in [4.69, 9.17) is 5.11 Å². The third-order valence-corrected chi connectivity index (χ3v) is 1.83. The number of rotatable bonds is 3. The highest BCUT2D eigenvalue weighted by atomic mass is 19.1. The highest BCUT2D eigenvalue weighted by Crippen LogP contribution is 2.28. The number of hydrogen-bond donors (Lipinski definition) is 1. The van der Waals surface area contributed by atoms with Gasteiger partial charge in [-0.25, -0.2) is 0 Å². The summed E-state index contributed by atoms with van der Waals surface area (Å²) in [6.07, 6.45) is -0.0833. The zero-order valence-electron chi connectivity index (χ0n) is 7.22. The Morgan fingerprint density at radius 3 is 2.09 bits per heavy atom. The van der Waals surface area contributed by atoms with Crippen LogP contribution < -0.4 is 0 Å². The zero-order valence-corrected chi connectivity index (χ0v) is 7.22. The van der Waals surface area contributed by atoms with Gasteiger partial charge >= 0.3 is 5.97 Å². The van der Waals surface area contributed by atoms with Crippen molar-refractivity contribution >= 4 is 5.97 Å². The van der Waals surface area contributed by atoms with Crippen LogP contribution in [0.4, 0.5) is 4.39 Å². The van der Waals surface area contributed by atoms with Crippen LogP contribution in [0, 0.1) is 11.3 Å². The van der Waals surface area contributed by atoms with E-state index in [0.717, 1.165) is 0 Å². The van der Waals surface area contributed by atoms with Crippen molar-refractivity contribution < 1.29 is 14.3 Å². The molecule has 3 heteroatoms. The number of halogens is 1. The minimum Gasteiger partial charge on any atom is -0.481 e. The van der Waals surface area contributed by atoms with Gasteiger partial charge in [-0.05, 0) is 5.41 Å². The van der Waals surface area contributed by atoms with Gasteiger partial charge in [-0.2, -0.15) is 0 Å². The molecule has 0 aromatic rings. The highest BCUT2D eigenvalue weighted by Gasteiger charge is 2.26. The van der Waals surface area contributed by atoms with E-state index in [0.29, 0.717) is 0 Å². The highest BCUT2D eigenvalue weighted by molar-refractivity contribution is 5.67. The standard InChI is InChI=1S/C8H15FO2/c1-8(2,3)6(5-9)4-7(10)11/h6H,4-5H2,1-3H3,(H,10,11). The molecule has 1 N–H and O–H groups in total. The van der Waals surface area contributed by atoms with Gasteiger partial charge in [0.2, 0.25) is 0 Å². The Balaban J connectivity index is 4.07. The maximum absolute atomic E-state index is 12.3. The Hall–Kier alpha value is -0.600. The lowest BCUT2D eigenvalue weighted by molar-refractivity contribution is -0.139. The molecule has 0 radical (unpaired) electrons. The Morgan fingerprint density at radius 2 is 2.00 bits per heavy atom. The van der Waals surface area contributed by atoms with E-state index in [1.165, 1.54) is 0 Å². The van der Waals surface area contributed by atoms with Crippen LogP contribution in [0.5, 0.6) is 0 Å². The smallest absolute Gasteiger partial charge is 0.303 e. The van der Waals surface area contributed by atoms with Gasteiger partial charge in [-0.15, -0.1) is 0 Å². The zero-order chi connectivity index (χ0) is 9.07. The van der Waals surface area contributed by atoms with Gasteiger partial charge in [0.15, 0.2) is 0 Å². The van der Waals surface area contributed by atoms with Crippen molar-refractivity contribution in [3.05, 3.63) is 0 Å². The number of aliphatic carboxylic acids is 1. The first-order chi connectivity index (χ1) is 4.88. The number of alkyl halides is 1. The minimum atomic E-state index is -0.928. The van der Waals surface area contributed by atoms with Crippen LogP contribution in [0.2, 0.25) is 0 Å². The van der Waals surface area contributed by atoms with Crippen LogP contribution >= 0.6 is 0 Å². The van der Waals surface area contributed by atoms with Crippen molar-refractivity contribution in [3.63, 3.8) is 0 Å². The van der Waals surface area contributed by atoms with Crippen LogP contribution in [0.15, 0.2) is 0 Å². The second-order valence-electron chi connectivity index (χ2n) is 3.82. The molecule has 11 heavy (non-hydrogen) atoms. The Morgan fingerprint density at radius 1 is 1.55 bits per heavy atom. The molecule has 0 saturated carbocycles. The topological polar surface area (TPSA) is 37.3 Å². The number of carboxylic acids is 1. The molecule has 0 aliphatic heterocycles. The summed E-state index contributed by atoms with van der Waals surface area (Å²) in [5.41, 5.74) is -0.257. The Kier molecular flexibility index (Phi) is 3.49. The molecule has 0 fully saturated rings. The predicted molar refractivity (Wildman–Crippen MR) is 41.2 cm³/mol. The van der Waals surface area contributed by atoms with E-state index in [1.807, 2.05) is 20.8 Å². The summed E-state index contributed by atoms with van der Waals surface area (Å²) in [5, 5.41) is 8.41. The molecule has 0 aromatic heterocycles. The summed E-state index contributed by atoms with van der Waals surface area (Å²) in [6, 6.07) is 0. The first kappa shape index (κ1) is 10.4. The molecule has 0 spiro atoms. The molecule has 0 aromatic carbocycles. The Bertz CT molecular complexity index is 138. The van der Waals surface area contributed by atoms with E-state index in [1.54, 1.807) is 0 Å². The normalized spacial score (nSPS) is 14.5. The van der Waals surface area contributed by atoms with Gasteiger partial charge in [0.05, 0.1) is 13.1 Å². The lowest BCUT2D eigenvalue weighted by Gasteiger charge is -2.26. The molecule has 0 heterocycles. The molecule has 2 nitrogen and oxygen atoms in total. The number of hydrogen-bond acceptors (Lipinski definition) is 1. The number of carboxylic acid groups (broad SMARTS) is 1. The summed E-state index contributed by atoms with van der Waals surface area (Å²) < 4.78 is 12.3. The molecule has 0 rings (SSSR count). The lowest BCUT2D eigenvalue weighted by atomic mass is 9.80. The summed E-state index contributed by atoms with van der Waals surface area (Å²) in [7, 11) is 0. The molecule has 0 saturated heterocycles. The molecule has 66 valence electrons. The maximum atomic E-state index is 12.3. The maximum Gasteiger partial charge on any atom is 0.303 e. The molecule has 0 aliphatic carbocycles. The van der Waals surface area contributed by atoms with Gasteiger partial charge in [0, 0.05) is 5.92 Å². The fraction of sp³-hybridized carbons (Fsp3) is 0.875. The third kappa shape index (κ3) is 3.96. The molecular formula is C8H15FO2. The van der Waals surface area contributed by atoms with E-state index in [-0.39, 0.29) is 17.8 Å². The fourth-order valence-electron chi connectivity index (χ4n) is 0.803. The van der Waals surface area contributed by atoms with Crippen molar-refractivity contribution in [3.8, 4) is 0 Å². The van der Waals surface area contributed by atoms with Crippen LogP contribution in [0.25, 0.3) is 0 Å². The average molecular weight is 162 g/mol. The molecule has 1 unspecified atom stereocenters. The Labute approximate surface area is 66.4 Å².